The van der Waals surface area contributed by atoms with Gasteiger partial charge < -0.3 is 0 Å². The first-order valence-electron chi connectivity index (χ1n) is 17.5. The zero-order valence-electron chi connectivity index (χ0n) is 29.9. The molecule has 6 aromatic carbocycles. The van der Waals surface area contributed by atoms with Crippen molar-refractivity contribution in [2.24, 2.45) is 0 Å². The molecule has 0 N–H and O–H groups in total. The number of benzene rings is 6. The Balaban J connectivity index is 0.00000216. The molecule has 2 aliphatic rings. The van der Waals surface area contributed by atoms with E-state index in [1.165, 1.54) is 60.5 Å². The van der Waals surface area contributed by atoms with Gasteiger partial charge in [-0.25, -0.2) is 0 Å². The average molecular weight is 773 g/mol. The summed E-state index contributed by atoms with van der Waals surface area (Å²) in [6.07, 6.45) is 9.25. The number of allylic oxidation sites excluding steroid dienone is 4. The molecule has 0 heterocycles. The van der Waals surface area contributed by atoms with Crippen LogP contribution in [0.2, 0.25) is 0 Å². The van der Waals surface area contributed by atoms with Gasteiger partial charge in [0, 0.05) is 0 Å². The van der Waals surface area contributed by atoms with E-state index in [0.717, 1.165) is 12.8 Å². The normalized spacial score (nSPS) is 13.4. The van der Waals surface area contributed by atoms with Crippen LogP contribution in [0.15, 0.2) is 137 Å². The average Bonchev–Trinajstić information content (AvgIpc) is 3.74. The minimum atomic E-state index is -2.92. The third-order valence-corrected chi connectivity index (χ3v) is 17.9. The number of hydrogen-bond donors (Lipinski definition) is 0. The third kappa shape index (κ3) is 6.47. The molecule has 0 aromatic heterocycles. The van der Waals surface area contributed by atoms with Crippen LogP contribution >= 0.6 is 24.8 Å². The van der Waals surface area contributed by atoms with Crippen LogP contribution in [0.1, 0.15) is 81.3 Å². The Kier molecular flexibility index (Phi) is 10.2. The number of hydrogen-bond acceptors (Lipinski definition) is 0. The summed E-state index contributed by atoms with van der Waals surface area (Å²) in [4.78, 5) is 0. The Labute approximate surface area is 318 Å². The van der Waals surface area contributed by atoms with Gasteiger partial charge in [-0.05, 0) is 0 Å². The van der Waals surface area contributed by atoms with Crippen molar-refractivity contribution in [2.45, 2.75) is 65.2 Å². The first-order valence-corrected chi connectivity index (χ1v) is 21.1. The van der Waals surface area contributed by atoms with Gasteiger partial charge in [0.25, 0.3) is 0 Å². The third-order valence-electron chi connectivity index (χ3n) is 10.5. The zero-order valence-corrected chi connectivity index (χ0v) is 34.0. The Hall–Kier alpha value is -3.35. The Bertz CT molecular complexity index is 2270. The van der Waals surface area contributed by atoms with Crippen molar-refractivity contribution in [1.82, 2.24) is 0 Å². The first kappa shape index (κ1) is 36.4. The molecule has 252 valence electrons. The summed E-state index contributed by atoms with van der Waals surface area (Å²) in [6, 6.07) is 44.5. The fraction of sp³-hybridized carbons (Fsp3) is 0.213. The molecule has 0 aliphatic heterocycles. The predicted molar refractivity (Wildman–Crippen MR) is 219 cm³/mol. The van der Waals surface area contributed by atoms with E-state index in [0.29, 0.717) is 0 Å². The quantitative estimate of drug-likeness (QED) is 0.167. The largest absolute Gasteiger partial charge is 0.147 e. The van der Waals surface area contributed by atoms with E-state index in [4.69, 9.17) is 0 Å². The van der Waals surface area contributed by atoms with Gasteiger partial charge in [0.1, 0.15) is 0 Å². The van der Waals surface area contributed by atoms with Gasteiger partial charge >= 0.3 is 296 Å². The van der Waals surface area contributed by atoms with Crippen molar-refractivity contribution in [3.8, 4) is 11.1 Å². The molecule has 0 nitrogen and oxygen atoms in total. The molecule has 0 fully saturated rings. The SMILES string of the molecule is CC(C)(C)c1ccc2c(c1)-c1cc(C(C)(C)C)c[c]([Zr]([C]3=CC=CC3)=[C](c3cccc4ccccc34)c3cccc4ccccc34)c1C2.Cl.Cl. The minimum absolute atomic E-state index is 0. The monoisotopic (exact) mass is 770 g/mol. The van der Waals surface area contributed by atoms with Crippen molar-refractivity contribution in [3.63, 3.8) is 0 Å². The summed E-state index contributed by atoms with van der Waals surface area (Å²) in [5.74, 6) is 0. The van der Waals surface area contributed by atoms with Crippen molar-refractivity contribution in [2.75, 3.05) is 0 Å². The van der Waals surface area contributed by atoms with Gasteiger partial charge in [-0.15, -0.1) is 24.8 Å². The molecule has 0 radical (unpaired) electrons. The molecule has 0 saturated heterocycles. The molecule has 8 rings (SSSR count). The van der Waals surface area contributed by atoms with Crippen LogP contribution in [0.25, 0.3) is 32.7 Å². The molecule has 0 atom stereocenters. The molecule has 0 bridgehead atoms. The van der Waals surface area contributed by atoms with E-state index in [9.17, 15) is 0 Å². The Morgan fingerprint density at radius 2 is 1.14 bits per heavy atom. The summed E-state index contributed by atoms with van der Waals surface area (Å²) in [5.41, 5.74) is 11.8. The van der Waals surface area contributed by atoms with Crippen molar-refractivity contribution < 1.29 is 21.3 Å². The van der Waals surface area contributed by atoms with Crippen LogP contribution < -0.4 is 3.27 Å². The van der Waals surface area contributed by atoms with Crippen LogP contribution in [-0.2, 0) is 38.5 Å². The molecule has 6 aromatic rings. The maximum Gasteiger partial charge on any atom is -0.147 e. The van der Waals surface area contributed by atoms with Gasteiger partial charge in [0.15, 0.2) is 0 Å². The van der Waals surface area contributed by atoms with Crippen LogP contribution in [0.3, 0.4) is 0 Å². The van der Waals surface area contributed by atoms with E-state index in [2.05, 4.69) is 175 Å². The second-order valence-corrected chi connectivity index (χ2v) is 21.7. The summed E-state index contributed by atoms with van der Waals surface area (Å²) in [7, 11) is 0. The first-order chi connectivity index (χ1) is 23.1. The second kappa shape index (κ2) is 14.0. The van der Waals surface area contributed by atoms with Crippen LogP contribution in [0.4, 0.5) is 0 Å². The molecule has 0 spiro atoms. The standard InChI is InChI=1S/C21H14.C21H25.C5H5.2ClH.Zr/c1-3-13-20-16(7-1)9-5-11-18(20)15-19-12-6-10-17-8-2-4-14-21(17)19;1-20(2,3)16-9-7-14-11-15-8-10-17(21(4,5)6)13-19(15)18(14)12-16;1-2-4-5-3-1;;;/h1-14H;7,9-10,12-13H,11H2,1-6H3;1-3H,4H2;2*1H;. The Morgan fingerprint density at radius 1 is 0.580 bits per heavy atom. The summed E-state index contributed by atoms with van der Waals surface area (Å²) < 4.78 is 4.91. The zero-order chi connectivity index (χ0) is 33.2. The molecule has 0 amide bonds. The maximum atomic E-state index is 2.67. The smallest absolute Gasteiger partial charge is 0.147 e. The maximum absolute atomic E-state index is 2.92. The van der Waals surface area contributed by atoms with Crippen LogP contribution in [0.5, 0.6) is 0 Å². The molecule has 3 heteroatoms. The number of rotatable bonds is 4. The van der Waals surface area contributed by atoms with E-state index in [1.807, 2.05) is 0 Å². The molecule has 0 saturated carbocycles. The minimum Gasteiger partial charge on any atom is -0.147 e. The van der Waals surface area contributed by atoms with Crippen molar-refractivity contribution >= 4 is 52.8 Å². The Morgan fingerprint density at radius 3 is 1.70 bits per heavy atom. The fourth-order valence-corrected chi connectivity index (χ4v) is 16.0. The molecule has 50 heavy (non-hydrogen) atoms. The molecular formula is C47H46Cl2Zr. The second-order valence-electron chi connectivity index (χ2n) is 15.7. The molecular weight excluding hydrogens is 727 g/mol. The number of fused-ring (bicyclic) bond motifs is 5. The molecule has 2 aliphatic carbocycles. The van der Waals surface area contributed by atoms with Gasteiger partial charge in [0.2, 0.25) is 0 Å². The fourth-order valence-electron chi connectivity index (χ4n) is 7.80. The van der Waals surface area contributed by atoms with E-state index >= 15 is 0 Å². The van der Waals surface area contributed by atoms with Crippen molar-refractivity contribution in [1.29, 1.82) is 0 Å². The van der Waals surface area contributed by atoms with Crippen LogP contribution in [0, 0.1) is 0 Å². The van der Waals surface area contributed by atoms with Crippen LogP contribution in [-0.4, -0.2) is 3.21 Å². The van der Waals surface area contributed by atoms with Gasteiger partial charge in [-0.3, -0.25) is 0 Å². The van der Waals surface area contributed by atoms with Gasteiger partial charge in [-0.2, -0.15) is 0 Å². The topological polar surface area (TPSA) is 0 Å². The molecule has 0 unspecified atom stereocenters. The van der Waals surface area contributed by atoms with E-state index < -0.39 is 21.3 Å². The van der Waals surface area contributed by atoms with Gasteiger partial charge in [0.05, 0.1) is 0 Å². The van der Waals surface area contributed by atoms with Gasteiger partial charge in [-0.1, -0.05) is 0 Å². The van der Waals surface area contributed by atoms with E-state index in [1.54, 1.807) is 15.3 Å². The summed E-state index contributed by atoms with van der Waals surface area (Å²) >= 11 is -2.92. The van der Waals surface area contributed by atoms with E-state index in [-0.39, 0.29) is 35.6 Å². The predicted octanol–water partition coefficient (Wildman–Crippen LogP) is 12.4. The summed E-state index contributed by atoms with van der Waals surface area (Å²) in [6.45, 7) is 14.2. The van der Waals surface area contributed by atoms with Crippen molar-refractivity contribution in [3.05, 3.63) is 170 Å². The number of halogens is 2. The summed E-state index contributed by atoms with van der Waals surface area (Å²) in [5, 5.41) is 5.33.